The molecule has 10 heteroatoms. The maximum atomic E-state index is 12.3. The van der Waals surface area contributed by atoms with Crippen LogP contribution in [0.15, 0.2) is 0 Å². The minimum absolute atomic E-state index is 3.34. The molecule has 1 rings (SSSR count). The fourth-order valence-electron chi connectivity index (χ4n) is 1.16. The average molecular weight is 264 g/mol. The number of halogens is 10. The Bertz CT molecular complexity index is 274. The van der Waals surface area contributed by atoms with E-state index in [2.05, 4.69) is 0 Å². The van der Waals surface area contributed by atoms with E-state index in [1.807, 2.05) is 0 Å². The van der Waals surface area contributed by atoms with E-state index in [1.165, 1.54) is 0 Å². The van der Waals surface area contributed by atoms with E-state index in [-0.39, 0.29) is 0 Å². The van der Waals surface area contributed by atoms with Gasteiger partial charge in [-0.1, -0.05) is 0 Å². The van der Waals surface area contributed by atoms with Gasteiger partial charge in [0, 0.05) is 0 Å². The molecule has 96 valence electrons. The third kappa shape index (κ3) is 1.18. The molecule has 16 heavy (non-hydrogen) atoms. The maximum Gasteiger partial charge on any atom is 0.384 e. The quantitative estimate of drug-likeness (QED) is 0.587. The standard InChI is InChI=1S/C6H2F10/c7-2(8)1-3(9,10)5(13,14)6(15,16)4(2,11)12/h1H2. The van der Waals surface area contributed by atoms with Crippen molar-refractivity contribution in [3.05, 3.63) is 0 Å². The second kappa shape index (κ2) is 2.76. The Labute approximate surface area is 81.2 Å². The van der Waals surface area contributed by atoms with Crippen LogP contribution in [-0.2, 0) is 0 Å². The molecule has 1 fully saturated rings. The lowest BCUT2D eigenvalue weighted by molar-refractivity contribution is -0.443. The van der Waals surface area contributed by atoms with Crippen molar-refractivity contribution in [3.63, 3.8) is 0 Å². The van der Waals surface area contributed by atoms with Crippen molar-refractivity contribution in [3.8, 4) is 0 Å². The van der Waals surface area contributed by atoms with Crippen LogP contribution < -0.4 is 0 Å². The van der Waals surface area contributed by atoms with E-state index >= 15 is 0 Å². The monoisotopic (exact) mass is 264 g/mol. The largest absolute Gasteiger partial charge is 0.384 e. The molecule has 0 amide bonds. The molecule has 0 aromatic rings. The molecule has 1 aliphatic carbocycles. The minimum Gasteiger partial charge on any atom is -0.199 e. The summed E-state index contributed by atoms with van der Waals surface area (Å²) in [5.74, 6) is -31.7. The first-order valence-corrected chi connectivity index (χ1v) is 3.60. The summed E-state index contributed by atoms with van der Waals surface area (Å²) in [6.07, 6.45) is -3.34. The van der Waals surface area contributed by atoms with Crippen molar-refractivity contribution in [1.82, 2.24) is 0 Å². The van der Waals surface area contributed by atoms with Gasteiger partial charge in [-0.2, -0.15) is 43.9 Å². The molecule has 0 N–H and O–H groups in total. The SMILES string of the molecule is FC1(F)CC(F)(F)C(F)(F)C(F)(F)C1(F)F. The van der Waals surface area contributed by atoms with Gasteiger partial charge < -0.3 is 0 Å². The van der Waals surface area contributed by atoms with E-state index in [4.69, 9.17) is 0 Å². The predicted molar refractivity (Wildman–Crippen MR) is 29.4 cm³/mol. The zero-order chi connectivity index (χ0) is 13.2. The molecule has 0 spiro atoms. The van der Waals surface area contributed by atoms with E-state index < -0.39 is 36.0 Å². The number of rotatable bonds is 0. The Morgan fingerprint density at radius 1 is 0.438 bits per heavy atom. The Balaban J connectivity index is 3.43. The van der Waals surface area contributed by atoms with Crippen LogP contribution in [-0.4, -0.2) is 29.6 Å². The van der Waals surface area contributed by atoms with E-state index in [0.717, 1.165) is 0 Å². The van der Waals surface area contributed by atoms with E-state index in [9.17, 15) is 43.9 Å². The highest BCUT2D eigenvalue weighted by molar-refractivity contribution is 5.15. The lowest BCUT2D eigenvalue weighted by Gasteiger charge is -2.45. The van der Waals surface area contributed by atoms with E-state index in [1.54, 1.807) is 0 Å². The molecular formula is C6H2F10. The molecular weight excluding hydrogens is 262 g/mol. The van der Waals surface area contributed by atoms with Crippen LogP contribution in [0.2, 0.25) is 0 Å². The van der Waals surface area contributed by atoms with Gasteiger partial charge in [-0.3, -0.25) is 0 Å². The molecule has 0 heterocycles. The summed E-state index contributed by atoms with van der Waals surface area (Å²) in [7, 11) is 0. The summed E-state index contributed by atoms with van der Waals surface area (Å²) in [4.78, 5) is 0. The van der Waals surface area contributed by atoms with Crippen LogP contribution >= 0.6 is 0 Å². The fraction of sp³-hybridized carbons (Fsp3) is 1.00. The topological polar surface area (TPSA) is 0 Å². The van der Waals surface area contributed by atoms with Gasteiger partial charge in [0.25, 0.3) is 0 Å². The molecule has 0 atom stereocenters. The van der Waals surface area contributed by atoms with Crippen molar-refractivity contribution in [2.24, 2.45) is 0 Å². The second-order valence-corrected chi connectivity index (χ2v) is 3.31. The maximum absolute atomic E-state index is 12.3. The predicted octanol–water partition coefficient (Wildman–Crippen LogP) is 3.57. The fourth-order valence-corrected chi connectivity index (χ4v) is 1.16. The first-order chi connectivity index (χ1) is 6.71. The molecule has 0 saturated heterocycles. The van der Waals surface area contributed by atoms with Crippen molar-refractivity contribution < 1.29 is 43.9 Å². The molecule has 0 nitrogen and oxygen atoms in total. The summed E-state index contributed by atoms with van der Waals surface area (Å²) in [6.45, 7) is 0. The lowest BCUT2D eigenvalue weighted by Crippen LogP contribution is -2.73. The molecule has 0 bridgehead atoms. The van der Waals surface area contributed by atoms with E-state index in [0.29, 0.717) is 0 Å². The summed E-state index contributed by atoms with van der Waals surface area (Å²) in [5, 5.41) is 0. The molecule has 0 aromatic heterocycles. The van der Waals surface area contributed by atoms with Crippen LogP contribution in [0.3, 0.4) is 0 Å². The summed E-state index contributed by atoms with van der Waals surface area (Å²) in [6, 6.07) is 0. The molecule has 1 saturated carbocycles. The molecule has 0 unspecified atom stereocenters. The van der Waals surface area contributed by atoms with Crippen LogP contribution in [0.4, 0.5) is 43.9 Å². The van der Waals surface area contributed by atoms with Gasteiger partial charge in [-0.15, -0.1) is 0 Å². The highest BCUT2D eigenvalue weighted by atomic mass is 19.4. The normalized spacial score (nSPS) is 33.4. The molecule has 1 aliphatic rings. The van der Waals surface area contributed by atoms with Gasteiger partial charge >= 0.3 is 29.6 Å². The van der Waals surface area contributed by atoms with Crippen LogP contribution in [0, 0.1) is 0 Å². The Hall–Kier alpha value is -0.700. The highest BCUT2D eigenvalue weighted by Crippen LogP contribution is 2.64. The Kier molecular flexibility index (Phi) is 2.30. The van der Waals surface area contributed by atoms with Crippen LogP contribution in [0.25, 0.3) is 0 Å². The molecule has 0 aliphatic heterocycles. The van der Waals surface area contributed by atoms with Crippen molar-refractivity contribution in [1.29, 1.82) is 0 Å². The van der Waals surface area contributed by atoms with Gasteiger partial charge in [0.2, 0.25) is 0 Å². The zero-order valence-electron chi connectivity index (χ0n) is 6.99. The summed E-state index contributed by atoms with van der Waals surface area (Å²) < 4.78 is 123. The molecule has 0 aromatic carbocycles. The van der Waals surface area contributed by atoms with Gasteiger partial charge in [0.15, 0.2) is 0 Å². The Morgan fingerprint density at radius 3 is 0.938 bits per heavy atom. The third-order valence-electron chi connectivity index (χ3n) is 2.15. The van der Waals surface area contributed by atoms with Gasteiger partial charge in [0.1, 0.15) is 0 Å². The first-order valence-electron chi connectivity index (χ1n) is 3.60. The van der Waals surface area contributed by atoms with Gasteiger partial charge in [-0.05, 0) is 0 Å². The third-order valence-corrected chi connectivity index (χ3v) is 2.15. The Morgan fingerprint density at radius 2 is 0.688 bits per heavy atom. The second-order valence-electron chi connectivity index (χ2n) is 3.31. The summed E-state index contributed by atoms with van der Waals surface area (Å²) in [5.41, 5.74) is 0. The average Bonchev–Trinajstić information content (AvgIpc) is 1.98. The van der Waals surface area contributed by atoms with Crippen LogP contribution in [0.5, 0.6) is 0 Å². The smallest absolute Gasteiger partial charge is 0.199 e. The highest BCUT2D eigenvalue weighted by Gasteiger charge is 2.91. The lowest BCUT2D eigenvalue weighted by atomic mass is 9.83. The number of alkyl halides is 10. The van der Waals surface area contributed by atoms with Gasteiger partial charge in [0.05, 0.1) is 6.42 Å². The van der Waals surface area contributed by atoms with Crippen molar-refractivity contribution >= 4 is 0 Å². The first kappa shape index (κ1) is 13.4. The van der Waals surface area contributed by atoms with Crippen LogP contribution in [0.1, 0.15) is 6.42 Å². The number of hydrogen-bond donors (Lipinski definition) is 0. The zero-order valence-corrected chi connectivity index (χ0v) is 6.99. The van der Waals surface area contributed by atoms with Gasteiger partial charge in [-0.25, -0.2) is 0 Å². The van der Waals surface area contributed by atoms with Crippen molar-refractivity contribution in [2.75, 3.05) is 0 Å². The van der Waals surface area contributed by atoms with Crippen molar-refractivity contribution in [2.45, 2.75) is 36.0 Å². The number of hydrogen-bond acceptors (Lipinski definition) is 0. The minimum atomic E-state index is -6.83. The molecule has 0 radical (unpaired) electrons. The summed E-state index contributed by atoms with van der Waals surface area (Å²) >= 11 is 0.